The highest BCUT2D eigenvalue weighted by molar-refractivity contribution is 6.02. The van der Waals surface area contributed by atoms with E-state index in [9.17, 15) is 9.59 Å². The molecule has 0 bridgehead atoms. The molecule has 1 amide bonds. The van der Waals surface area contributed by atoms with Crippen LogP contribution in [0.3, 0.4) is 0 Å². The van der Waals surface area contributed by atoms with E-state index in [1.165, 1.54) is 0 Å². The summed E-state index contributed by atoms with van der Waals surface area (Å²) < 4.78 is 16.6. The number of ether oxygens (including phenoxy) is 3. The van der Waals surface area contributed by atoms with Crippen molar-refractivity contribution in [1.29, 1.82) is 0 Å². The van der Waals surface area contributed by atoms with Crippen LogP contribution in [0.5, 0.6) is 17.2 Å². The van der Waals surface area contributed by atoms with Gasteiger partial charge in [-0.1, -0.05) is 18.2 Å². The molecule has 32 heavy (non-hydrogen) atoms. The third-order valence-corrected chi connectivity index (χ3v) is 6.08. The van der Waals surface area contributed by atoms with Crippen LogP contribution in [0.1, 0.15) is 56.1 Å². The lowest BCUT2D eigenvalue weighted by atomic mass is 9.73. The van der Waals surface area contributed by atoms with Crippen molar-refractivity contribution in [3.05, 3.63) is 64.9 Å². The van der Waals surface area contributed by atoms with Gasteiger partial charge in [-0.15, -0.1) is 0 Å². The summed E-state index contributed by atoms with van der Waals surface area (Å²) in [4.78, 5) is 25.9. The maximum Gasteiger partial charge on any atom is 0.225 e. The summed E-state index contributed by atoms with van der Waals surface area (Å²) in [7, 11) is 3.18. The summed E-state index contributed by atoms with van der Waals surface area (Å²) in [5.74, 6) is 1.78. The van der Waals surface area contributed by atoms with Crippen molar-refractivity contribution in [2.75, 3.05) is 14.2 Å². The van der Waals surface area contributed by atoms with Crippen molar-refractivity contribution in [3.63, 3.8) is 0 Å². The topological polar surface area (TPSA) is 73.9 Å². The molecule has 2 aliphatic rings. The zero-order valence-corrected chi connectivity index (χ0v) is 18.9. The van der Waals surface area contributed by atoms with Gasteiger partial charge in [0.05, 0.1) is 20.3 Å². The number of carbonyl (C=O) groups is 2. The molecular formula is C26H29NO5. The number of allylic oxidation sites excluding steroid dienone is 2. The molecule has 1 aliphatic heterocycles. The van der Waals surface area contributed by atoms with Crippen LogP contribution >= 0.6 is 0 Å². The number of Topliss-reactive ketones (excluding diaryl/α,β-unsaturated/α-hetero) is 1. The average molecular weight is 436 g/mol. The quantitative estimate of drug-likeness (QED) is 0.723. The minimum absolute atomic E-state index is 0.0196. The van der Waals surface area contributed by atoms with Crippen LogP contribution < -0.4 is 19.5 Å². The fourth-order valence-electron chi connectivity index (χ4n) is 4.66. The van der Waals surface area contributed by atoms with Crippen LogP contribution in [-0.2, 0) is 9.59 Å². The first-order valence-corrected chi connectivity index (χ1v) is 10.9. The standard InChI is InChI=1S/C26H29NO5/c1-15(2)32-18-7-5-16(6-8-18)17-11-22-26(23(28)12-17)21(14-25(29)27-22)20-10-9-19(30-3)13-24(20)31-4/h5-10,13,15,17,21H,11-12,14H2,1-4H3,(H,27,29)/t17-,21+/m0/s1. The average Bonchev–Trinajstić information content (AvgIpc) is 2.77. The Balaban J connectivity index is 1.65. The Morgan fingerprint density at radius 3 is 2.28 bits per heavy atom. The SMILES string of the molecule is COc1ccc([C@H]2CC(=O)NC3=C2C(=O)C[C@@H](c2ccc(OC(C)C)cc2)C3)c(OC)c1. The van der Waals surface area contributed by atoms with Gasteiger partial charge in [0, 0.05) is 41.7 Å². The van der Waals surface area contributed by atoms with Gasteiger partial charge < -0.3 is 19.5 Å². The minimum atomic E-state index is -0.324. The first-order chi connectivity index (χ1) is 15.4. The molecule has 0 radical (unpaired) electrons. The largest absolute Gasteiger partial charge is 0.497 e. The Kier molecular flexibility index (Phi) is 6.21. The summed E-state index contributed by atoms with van der Waals surface area (Å²) >= 11 is 0. The lowest BCUT2D eigenvalue weighted by Gasteiger charge is -2.35. The number of ketones is 1. The smallest absolute Gasteiger partial charge is 0.225 e. The number of benzene rings is 2. The number of carbonyl (C=O) groups excluding carboxylic acids is 2. The molecule has 6 nitrogen and oxygen atoms in total. The van der Waals surface area contributed by atoms with Crippen LogP contribution in [0.4, 0.5) is 0 Å². The second-order valence-electron chi connectivity index (χ2n) is 8.57. The van der Waals surface area contributed by atoms with Gasteiger partial charge in [0.25, 0.3) is 0 Å². The van der Waals surface area contributed by atoms with Gasteiger partial charge in [0.15, 0.2) is 5.78 Å². The second kappa shape index (κ2) is 9.07. The van der Waals surface area contributed by atoms with Gasteiger partial charge in [-0.3, -0.25) is 9.59 Å². The maximum absolute atomic E-state index is 13.3. The predicted octanol–water partition coefficient (Wildman–Crippen LogP) is 4.50. The first kappa shape index (κ1) is 21.9. The molecule has 2 atom stereocenters. The summed E-state index contributed by atoms with van der Waals surface area (Å²) in [6.45, 7) is 3.98. The molecule has 4 rings (SSSR count). The zero-order valence-electron chi connectivity index (χ0n) is 18.9. The van der Waals surface area contributed by atoms with Crippen molar-refractivity contribution >= 4 is 11.7 Å². The number of hydrogen-bond donors (Lipinski definition) is 1. The van der Waals surface area contributed by atoms with E-state index in [1.807, 2.05) is 50.2 Å². The summed E-state index contributed by atoms with van der Waals surface area (Å²) in [5, 5.41) is 2.98. The Morgan fingerprint density at radius 1 is 0.906 bits per heavy atom. The van der Waals surface area contributed by atoms with Crippen LogP contribution in [-0.4, -0.2) is 32.0 Å². The van der Waals surface area contributed by atoms with Crippen molar-refractivity contribution in [1.82, 2.24) is 5.32 Å². The van der Waals surface area contributed by atoms with Gasteiger partial charge in [-0.25, -0.2) is 0 Å². The van der Waals surface area contributed by atoms with Crippen molar-refractivity contribution in [3.8, 4) is 17.2 Å². The molecule has 0 unspecified atom stereocenters. The molecule has 0 aromatic heterocycles. The van der Waals surface area contributed by atoms with E-state index in [0.717, 1.165) is 22.6 Å². The van der Waals surface area contributed by atoms with E-state index in [4.69, 9.17) is 14.2 Å². The molecule has 2 aromatic carbocycles. The Hall–Kier alpha value is -3.28. The highest BCUT2D eigenvalue weighted by atomic mass is 16.5. The highest BCUT2D eigenvalue weighted by Gasteiger charge is 2.39. The zero-order chi connectivity index (χ0) is 22.8. The lowest BCUT2D eigenvalue weighted by molar-refractivity contribution is -0.122. The molecular weight excluding hydrogens is 406 g/mol. The Morgan fingerprint density at radius 2 is 1.62 bits per heavy atom. The van der Waals surface area contributed by atoms with E-state index in [0.29, 0.717) is 29.9 Å². The molecule has 0 fully saturated rings. The van der Waals surface area contributed by atoms with Gasteiger partial charge in [-0.05, 0) is 49.9 Å². The van der Waals surface area contributed by atoms with Gasteiger partial charge in [0.1, 0.15) is 17.2 Å². The molecule has 0 saturated carbocycles. The van der Waals surface area contributed by atoms with Crippen LogP contribution in [0.25, 0.3) is 0 Å². The molecule has 1 heterocycles. The van der Waals surface area contributed by atoms with Gasteiger partial charge >= 0.3 is 0 Å². The van der Waals surface area contributed by atoms with Crippen LogP contribution in [0.15, 0.2) is 53.7 Å². The van der Waals surface area contributed by atoms with Gasteiger partial charge in [-0.2, -0.15) is 0 Å². The van der Waals surface area contributed by atoms with E-state index in [1.54, 1.807) is 20.3 Å². The van der Waals surface area contributed by atoms with Gasteiger partial charge in [0.2, 0.25) is 5.91 Å². The van der Waals surface area contributed by atoms with Crippen molar-refractivity contribution in [2.24, 2.45) is 0 Å². The fraction of sp³-hybridized carbons (Fsp3) is 0.385. The molecule has 2 aromatic rings. The first-order valence-electron chi connectivity index (χ1n) is 10.9. The van der Waals surface area contributed by atoms with E-state index < -0.39 is 0 Å². The lowest BCUT2D eigenvalue weighted by Crippen LogP contribution is -2.38. The monoisotopic (exact) mass is 435 g/mol. The summed E-state index contributed by atoms with van der Waals surface area (Å²) in [5.41, 5.74) is 3.33. The normalized spacial score (nSPS) is 20.7. The molecule has 0 spiro atoms. The number of nitrogens with one attached hydrogen (secondary N) is 1. The maximum atomic E-state index is 13.3. The number of rotatable bonds is 6. The predicted molar refractivity (Wildman–Crippen MR) is 121 cm³/mol. The molecule has 6 heteroatoms. The Labute approximate surface area is 188 Å². The van der Waals surface area contributed by atoms with Crippen molar-refractivity contribution in [2.45, 2.75) is 51.0 Å². The molecule has 1 N–H and O–H groups in total. The fourth-order valence-corrected chi connectivity index (χ4v) is 4.66. The molecule has 0 saturated heterocycles. The molecule has 168 valence electrons. The highest BCUT2D eigenvalue weighted by Crippen LogP contribution is 2.45. The Bertz CT molecular complexity index is 1050. The van der Waals surface area contributed by atoms with E-state index >= 15 is 0 Å². The number of hydrogen-bond acceptors (Lipinski definition) is 5. The van der Waals surface area contributed by atoms with Crippen molar-refractivity contribution < 1.29 is 23.8 Å². The molecule has 1 aliphatic carbocycles. The summed E-state index contributed by atoms with van der Waals surface area (Å²) in [6.07, 6.45) is 1.36. The van der Waals surface area contributed by atoms with Crippen LogP contribution in [0.2, 0.25) is 0 Å². The third-order valence-electron chi connectivity index (χ3n) is 6.08. The minimum Gasteiger partial charge on any atom is -0.497 e. The van der Waals surface area contributed by atoms with Crippen LogP contribution in [0, 0.1) is 0 Å². The van der Waals surface area contributed by atoms with E-state index in [-0.39, 0.29) is 36.1 Å². The second-order valence-corrected chi connectivity index (χ2v) is 8.57. The summed E-state index contributed by atoms with van der Waals surface area (Å²) in [6, 6.07) is 13.4. The third kappa shape index (κ3) is 4.35. The van der Waals surface area contributed by atoms with E-state index in [2.05, 4.69) is 5.32 Å². The number of methoxy groups -OCH3 is 2. The number of amides is 1.